The van der Waals surface area contributed by atoms with Crippen molar-refractivity contribution in [2.45, 2.75) is 0 Å². The van der Waals surface area contributed by atoms with Gasteiger partial charge in [-0.15, -0.1) is 0 Å². The maximum absolute atomic E-state index is 6.24. The summed E-state index contributed by atoms with van der Waals surface area (Å²) in [7, 11) is 0. The Morgan fingerprint density at radius 1 is 0.957 bits per heavy atom. The van der Waals surface area contributed by atoms with Crippen molar-refractivity contribution in [1.29, 1.82) is 0 Å². The summed E-state index contributed by atoms with van der Waals surface area (Å²) in [6.45, 7) is 0. The second-order valence-corrected chi connectivity index (χ2v) is 5.51. The molecule has 0 unspecified atom stereocenters. The summed E-state index contributed by atoms with van der Waals surface area (Å²) in [5.74, 6) is 0.671. The monoisotopic (exact) mass is 320 g/mol. The highest BCUT2D eigenvalue weighted by Crippen LogP contribution is 2.27. The van der Waals surface area contributed by atoms with Crippen LogP contribution in [-0.2, 0) is 0 Å². The van der Waals surface area contributed by atoms with E-state index in [1.807, 2.05) is 71.4 Å². The Labute approximate surface area is 138 Å². The van der Waals surface area contributed by atoms with Crippen LogP contribution in [-0.4, -0.2) is 14.4 Å². The Hall–Kier alpha value is -2.85. The predicted octanol–water partition coefficient (Wildman–Crippen LogP) is 4.79. The summed E-state index contributed by atoms with van der Waals surface area (Å²) in [6.07, 6.45) is 5.63. The van der Waals surface area contributed by atoms with Gasteiger partial charge in [0, 0.05) is 24.2 Å². The lowest BCUT2D eigenvalue weighted by Gasteiger charge is -2.11. The highest BCUT2D eigenvalue weighted by Gasteiger charge is 2.10. The van der Waals surface area contributed by atoms with Gasteiger partial charge in [0.15, 0.2) is 11.5 Å². The molecule has 0 amide bonds. The summed E-state index contributed by atoms with van der Waals surface area (Å²) in [4.78, 5) is 9.10. The Balaban J connectivity index is 1.85. The standard InChI is InChI=1S/C18H13ClN4/c19-14-8-4-5-9-15(14)21-17-18-20-10-11-23(18)12-16(22-17)13-6-2-1-3-7-13/h1-12H,(H,21,22). The summed E-state index contributed by atoms with van der Waals surface area (Å²) in [6, 6.07) is 17.6. The first kappa shape index (κ1) is 13.8. The van der Waals surface area contributed by atoms with Crippen molar-refractivity contribution in [3.05, 3.63) is 78.2 Å². The number of anilines is 2. The summed E-state index contributed by atoms with van der Waals surface area (Å²) >= 11 is 6.24. The van der Waals surface area contributed by atoms with Crippen molar-refractivity contribution in [1.82, 2.24) is 14.4 Å². The van der Waals surface area contributed by atoms with Gasteiger partial charge in [-0.05, 0) is 12.1 Å². The first-order valence-corrected chi connectivity index (χ1v) is 7.60. The van der Waals surface area contributed by atoms with Crippen LogP contribution in [0.2, 0.25) is 5.02 Å². The number of nitrogens with zero attached hydrogens (tertiary/aromatic N) is 3. The van der Waals surface area contributed by atoms with E-state index in [2.05, 4.69) is 10.3 Å². The summed E-state index contributed by atoms with van der Waals surface area (Å²) in [5.41, 5.74) is 3.47. The summed E-state index contributed by atoms with van der Waals surface area (Å²) in [5, 5.41) is 3.93. The van der Waals surface area contributed by atoms with E-state index in [0.717, 1.165) is 22.6 Å². The average molecular weight is 321 g/mol. The Kier molecular flexibility index (Phi) is 3.44. The number of aromatic nitrogens is 3. The van der Waals surface area contributed by atoms with E-state index in [1.54, 1.807) is 6.20 Å². The van der Waals surface area contributed by atoms with Crippen molar-refractivity contribution in [3.63, 3.8) is 0 Å². The highest BCUT2D eigenvalue weighted by molar-refractivity contribution is 6.33. The molecule has 0 aliphatic carbocycles. The molecule has 0 saturated carbocycles. The normalized spacial score (nSPS) is 10.8. The van der Waals surface area contributed by atoms with E-state index < -0.39 is 0 Å². The Morgan fingerprint density at radius 2 is 1.74 bits per heavy atom. The van der Waals surface area contributed by atoms with Gasteiger partial charge in [-0.2, -0.15) is 0 Å². The SMILES string of the molecule is Clc1ccccc1Nc1nc(-c2ccccc2)cn2ccnc12. The number of para-hydroxylation sites is 1. The van der Waals surface area contributed by atoms with Crippen molar-refractivity contribution in [3.8, 4) is 11.3 Å². The first-order chi connectivity index (χ1) is 11.3. The number of benzene rings is 2. The number of fused-ring (bicyclic) bond motifs is 1. The van der Waals surface area contributed by atoms with Crippen LogP contribution >= 0.6 is 11.6 Å². The molecule has 112 valence electrons. The van der Waals surface area contributed by atoms with Crippen molar-refractivity contribution in [2.24, 2.45) is 0 Å². The lowest BCUT2D eigenvalue weighted by Crippen LogP contribution is -2.00. The van der Waals surface area contributed by atoms with E-state index in [9.17, 15) is 0 Å². The minimum Gasteiger partial charge on any atom is -0.336 e. The number of halogens is 1. The molecule has 0 aliphatic rings. The molecule has 0 bridgehead atoms. The molecule has 5 heteroatoms. The molecule has 0 saturated heterocycles. The molecular formula is C18H13ClN4. The number of hydrogen-bond donors (Lipinski definition) is 1. The van der Waals surface area contributed by atoms with Crippen LogP contribution in [0.25, 0.3) is 16.9 Å². The third kappa shape index (κ3) is 2.64. The van der Waals surface area contributed by atoms with Gasteiger partial charge in [0.25, 0.3) is 0 Å². The van der Waals surface area contributed by atoms with Gasteiger partial charge in [0.05, 0.1) is 16.4 Å². The van der Waals surface area contributed by atoms with Crippen LogP contribution < -0.4 is 5.32 Å². The molecule has 0 spiro atoms. The van der Waals surface area contributed by atoms with Gasteiger partial charge in [-0.1, -0.05) is 54.1 Å². The van der Waals surface area contributed by atoms with Crippen LogP contribution in [0.1, 0.15) is 0 Å². The molecule has 0 aliphatic heterocycles. The topological polar surface area (TPSA) is 42.2 Å². The van der Waals surface area contributed by atoms with Gasteiger partial charge in [0.2, 0.25) is 0 Å². The molecule has 4 rings (SSSR count). The number of imidazole rings is 1. The maximum atomic E-state index is 6.24. The van der Waals surface area contributed by atoms with Gasteiger partial charge in [-0.3, -0.25) is 0 Å². The van der Waals surface area contributed by atoms with Gasteiger partial charge in [-0.25, -0.2) is 9.97 Å². The molecular weight excluding hydrogens is 308 g/mol. The van der Waals surface area contributed by atoms with E-state index in [4.69, 9.17) is 16.6 Å². The second kappa shape index (κ2) is 5.74. The van der Waals surface area contributed by atoms with Crippen molar-refractivity contribution >= 4 is 28.8 Å². The lowest BCUT2D eigenvalue weighted by molar-refractivity contribution is 1.13. The van der Waals surface area contributed by atoms with Gasteiger partial charge < -0.3 is 9.72 Å². The Bertz CT molecular complexity index is 963. The number of hydrogen-bond acceptors (Lipinski definition) is 3. The second-order valence-electron chi connectivity index (χ2n) is 5.10. The van der Waals surface area contributed by atoms with Gasteiger partial charge >= 0.3 is 0 Å². The molecule has 0 atom stereocenters. The molecule has 23 heavy (non-hydrogen) atoms. The fraction of sp³-hybridized carbons (Fsp3) is 0. The zero-order valence-corrected chi connectivity index (χ0v) is 12.9. The van der Waals surface area contributed by atoms with Crippen LogP contribution in [0, 0.1) is 0 Å². The molecule has 2 heterocycles. The van der Waals surface area contributed by atoms with Crippen LogP contribution in [0.5, 0.6) is 0 Å². The smallest absolute Gasteiger partial charge is 0.180 e. The third-order valence-corrected chi connectivity index (χ3v) is 3.90. The minimum atomic E-state index is 0.643. The molecule has 2 aromatic carbocycles. The fourth-order valence-corrected chi connectivity index (χ4v) is 2.64. The predicted molar refractivity (Wildman–Crippen MR) is 93.2 cm³/mol. The molecule has 0 fully saturated rings. The Morgan fingerprint density at radius 3 is 2.57 bits per heavy atom. The quantitative estimate of drug-likeness (QED) is 0.590. The molecule has 0 radical (unpaired) electrons. The van der Waals surface area contributed by atoms with Crippen molar-refractivity contribution < 1.29 is 0 Å². The molecule has 4 aromatic rings. The van der Waals surface area contributed by atoms with Crippen molar-refractivity contribution in [2.75, 3.05) is 5.32 Å². The number of rotatable bonds is 3. The molecule has 4 nitrogen and oxygen atoms in total. The van der Waals surface area contributed by atoms with E-state index in [1.165, 1.54) is 0 Å². The average Bonchev–Trinajstić information content (AvgIpc) is 3.06. The zero-order valence-electron chi connectivity index (χ0n) is 12.1. The van der Waals surface area contributed by atoms with E-state index >= 15 is 0 Å². The zero-order chi connectivity index (χ0) is 15.6. The fourth-order valence-electron chi connectivity index (χ4n) is 2.45. The maximum Gasteiger partial charge on any atom is 0.180 e. The largest absolute Gasteiger partial charge is 0.336 e. The molecule has 1 N–H and O–H groups in total. The van der Waals surface area contributed by atoms with E-state index in [-0.39, 0.29) is 0 Å². The molecule has 2 aromatic heterocycles. The first-order valence-electron chi connectivity index (χ1n) is 7.22. The van der Waals surface area contributed by atoms with Crippen LogP contribution in [0.3, 0.4) is 0 Å². The van der Waals surface area contributed by atoms with E-state index in [0.29, 0.717) is 10.8 Å². The summed E-state index contributed by atoms with van der Waals surface area (Å²) < 4.78 is 1.95. The van der Waals surface area contributed by atoms with Crippen LogP contribution in [0.15, 0.2) is 73.2 Å². The van der Waals surface area contributed by atoms with Gasteiger partial charge in [0.1, 0.15) is 0 Å². The highest BCUT2D eigenvalue weighted by atomic mass is 35.5. The lowest BCUT2D eigenvalue weighted by atomic mass is 10.2. The van der Waals surface area contributed by atoms with Crippen LogP contribution in [0.4, 0.5) is 11.5 Å². The number of nitrogens with one attached hydrogen (secondary N) is 1. The third-order valence-electron chi connectivity index (χ3n) is 3.57. The minimum absolute atomic E-state index is 0.643.